The molecule has 0 amide bonds. The summed E-state index contributed by atoms with van der Waals surface area (Å²) in [6, 6.07) is 8.56. The van der Waals surface area contributed by atoms with Gasteiger partial charge < -0.3 is 5.73 Å². The van der Waals surface area contributed by atoms with Crippen LogP contribution in [0, 0.1) is 18.7 Å². The van der Waals surface area contributed by atoms with Gasteiger partial charge in [0.05, 0.1) is 16.8 Å². The summed E-state index contributed by atoms with van der Waals surface area (Å²) >= 11 is 1.60. The molecule has 0 saturated heterocycles. The van der Waals surface area contributed by atoms with Crippen molar-refractivity contribution in [2.45, 2.75) is 39.2 Å². The number of aryl methyl sites for hydroxylation is 3. The lowest BCUT2D eigenvalue weighted by Crippen LogP contribution is -2.20. The van der Waals surface area contributed by atoms with Crippen LogP contribution < -0.4 is 5.73 Å². The third kappa shape index (κ3) is 3.80. The number of hydrogen-bond donors (Lipinski definition) is 1. The Labute approximate surface area is 168 Å². The van der Waals surface area contributed by atoms with Crippen molar-refractivity contribution in [3.8, 4) is 11.3 Å². The monoisotopic (exact) mass is 397 g/mol. The molecule has 2 N–H and O–H groups in total. The standard InChI is InChI=1S/C22H24FN3OS/c1-14-13-25-26-7-3-6-20-18(22(14)26)11-21(28-20)19(27)10-16(12-24)8-15-4-2-5-17(23)9-15/h2,4-5,9,11,13,16H,3,6-8,10,12,24H2,1H3/t16-/m1/s1. The summed E-state index contributed by atoms with van der Waals surface area (Å²) in [6.07, 6.45) is 4.88. The SMILES string of the molecule is Cc1cnn2c1-c1cc(C(=O)C[C@H](CN)Cc3cccc(F)c3)sc1CCC2. The predicted octanol–water partition coefficient (Wildman–Crippen LogP) is 4.40. The van der Waals surface area contributed by atoms with Gasteiger partial charge in [-0.15, -0.1) is 11.3 Å². The predicted molar refractivity (Wildman–Crippen MR) is 110 cm³/mol. The topological polar surface area (TPSA) is 60.9 Å². The lowest BCUT2D eigenvalue weighted by molar-refractivity contribution is 0.0966. The number of carbonyl (C=O) groups is 1. The van der Waals surface area contributed by atoms with E-state index in [0.29, 0.717) is 19.4 Å². The molecular weight excluding hydrogens is 373 g/mol. The summed E-state index contributed by atoms with van der Waals surface area (Å²) in [6.45, 7) is 3.38. The van der Waals surface area contributed by atoms with E-state index in [1.54, 1.807) is 17.4 Å². The Hall–Kier alpha value is -2.31. The summed E-state index contributed by atoms with van der Waals surface area (Å²) in [5.74, 6) is -0.134. The summed E-state index contributed by atoms with van der Waals surface area (Å²) < 4.78 is 15.5. The number of thiophene rings is 1. The minimum absolute atomic E-state index is 0.00321. The van der Waals surface area contributed by atoms with Crippen molar-refractivity contribution in [2.75, 3.05) is 6.54 Å². The molecule has 28 heavy (non-hydrogen) atoms. The van der Waals surface area contributed by atoms with Gasteiger partial charge in [0.1, 0.15) is 5.82 Å². The van der Waals surface area contributed by atoms with Gasteiger partial charge in [-0.3, -0.25) is 9.48 Å². The van der Waals surface area contributed by atoms with Crippen LogP contribution >= 0.6 is 11.3 Å². The van der Waals surface area contributed by atoms with E-state index in [-0.39, 0.29) is 17.5 Å². The maximum atomic E-state index is 13.4. The van der Waals surface area contributed by atoms with Gasteiger partial charge in [0.15, 0.2) is 5.78 Å². The van der Waals surface area contributed by atoms with Crippen LogP contribution in [0.2, 0.25) is 0 Å². The van der Waals surface area contributed by atoms with Gasteiger partial charge in [0.25, 0.3) is 0 Å². The zero-order valence-corrected chi connectivity index (χ0v) is 16.8. The minimum Gasteiger partial charge on any atom is -0.330 e. The molecule has 0 fully saturated rings. The number of fused-ring (bicyclic) bond motifs is 3. The van der Waals surface area contributed by atoms with E-state index in [4.69, 9.17) is 5.73 Å². The van der Waals surface area contributed by atoms with E-state index < -0.39 is 0 Å². The number of Topliss-reactive ketones (excluding diaryl/α,β-unsaturated/α-hetero) is 1. The number of rotatable bonds is 6. The third-order valence-corrected chi connectivity index (χ3v) is 6.59. The average Bonchev–Trinajstić information content (AvgIpc) is 3.20. The Kier molecular flexibility index (Phi) is 5.42. The zero-order chi connectivity index (χ0) is 19.7. The fraction of sp³-hybridized carbons (Fsp3) is 0.364. The average molecular weight is 398 g/mol. The van der Waals surface area contributed by atoms with E-state index in [9.17, 15) is 9.18 Å². The van der Waals surface area contributed by atoms with E-state index in [1.807, 2.05) is 18.3 Å². The normalized spacial score (nSPS) is 14.2. The van der Waals surface area contributed by atoms with E-state index in [2.05, 4.69) is 16.7 Å². The first-order valence-electron chi connectivity index (χ1n) is 9.68. The summed E-state index contributed by atoms with van der Waals surface area (Å²) in [7, 11) is 0. The molecule has 146 valence electrons. The van der Waals surface area contributed by atoms with Gasteiger partial charge in [-0.25, -0.2) is 4.39 Å². The van der Waals surface area contributed by atoms with Crippen molar-refractivity contribution in [1.29, 1.82) is 0 Å². The molecule has 3 aromatic rings. The van der Waals surface area contributed by atoms with Gasteiger partial charge in [0.2, 0.25) is 0 Å². The van der Waals surface area contributed by atoms with E-state index >= 15 is 0 Å². The van der Waals surface area contributed by atoms with Crippen LogP contribution in [-0.2, 0) is 19.4 Å². The molecule has 4 nitrogen and oxygen atoms in total. The van der Waals surface area contributed by atoms with Crippen molar-refractivity contribution in [1.82, 2.24) is 9.78 Å². The van der Waals surface area contributed by atoms with Crippen LogP contribution in [0.4, 0.5) is 4.39 Å². The molecule has 1 aliphatic rings. The highest BCUT2D eigenvalue weighted by Gasteiger charge is 2.23. The quantitative estimate of drug-likeness (QED) is 0.627. The number of aromatic nitrogens is 2. The van der Waals surface area contributed by atoms with E-state index in [1.165, 1.54) is 17.0 Å². The summed E-state index contributed by atoms with van der Waals surface area (Å²) in [4.78, 5) is 15.0. The second-order valence-corrected chi connectivity index (χ2v) is 8.65. The molecule has 1 atom stereocenters. The highest BCUT2D eigenvalue weighted by molar-refractivity contribution is 7.14. The van der Waals surface area contributed by atoms with Gasteiger partial charge >= 0.3 is 0 Å². The smallest absolute Gasteiger partial charge is 0.173 e. The van der Waals surface area contributed by atoms with Gasteiger partial charge in [-0.05, 0) is 68.0 Å². The molecule has 0 saturated carbocycles. The number of benzene rings is 1. The number of nitrogens with two attached hydrogens (primary N) is 1. The first-order chi connectivity index (χ1) is 13.5. The largest absolute Gasteiger partial charge is 0.330 e. The fourth-order valence-electron chi connectivity index (χ4n) is 3.94. The van der Waals surface area contributed by atoms with Crippen molar-refractivity contribution in [3.63, 3.8) is 0 Å². The Morgan fingerprint density at radius 2 is 2.25 bits per heavy atom. The van der Waals surface area contributed by atoms with Crippen LogP contribution in [0.25, 0.3) is 11.3 Å². The molecular formula is C22H24FN3OS. The first kappa shape index (κ1) is 19.0. The Morgan fingerprint density at radius 1 is 1.39 bits per heavy atom. The van der Waals surface area contributed by atoms with Crippen LogP contribution in [0.5, 0.6) is 0 Å². The first-order valence-corrected chi connectivity index (χ1v) is 10.5. The highest BCUT2D eigenvalue weighted by atomic mass is 32.1. The number of nitrogens with zero attached hydrogens (tertiary/aromatic N) is 2. The number of hydrogen-bond acceptors (Lipinski definition) is 4. The van der Waals surface area contributed by atoms with Crippen molar-refractivity contribution in [3.05, 3.63) is 63.2 Å². The van der Waals surface area contributed by atoms with Crippen molar-refractivity contribution >= 4 is 17.1 Å². The molecule has 0 aliphatic carbocycles. The molecule has 0 unspecified atom stereocenters. The zero-order valence-electron chi connectivity index (χ0n) is 16.0. The molecule has 0 spiro atoms. The molecule has 4 rings (SSSR count). The number of carbonyl (C=O) groups excluding carboxylic acids is 1. The van der Waals surface area contributed by atoms with Crippen LogP contribution in [0.15, 0.2) is 36.5 Å². The summed E-state index contributed by atoms with van der Waals surface area (Å²) in [5, 5.41) is 4.47. The molecule has 1 aromatic carbocycles. The molecule has 3 heterocycles. The molecule has 0 radical (unpaired) electrons. The second kappa shape index (κ2) is 7.97. The Balaban J connectivity index is 1.54. The van der Waals surface area contributed by atoms with Crippen LogP contribution in [-0.4, -0.2) is 22.1 Å². The lowest BCUT2D eigenvalue weighted by atomic mass is 9.93. The minimum atomic E-state index is -0.256. The van der Waals surface area contributed by atoms with Gasteiger partial charge in [0, 0.05) is 23.4 Å². The van der Waals surface area contributed by atoms with Crippen molar-refractivity contribution < 1.29 is 9.18 Å². The van der Waals surface area contributed by atoms with Crippen molar-refractivity contribution in [2.24, 2.45) is 11.7 Å². The second-order valence-electron chi connectivity index (χ2n) is 7.51. The van der Waals surface area contributed by atoms with Crippen LogP contribution in [0.1, 0.15) is 38.5 Å². The Bertz CT molecular complexity index is 1010. The highest BCUT2D eigenvalue weighted by Crippen LogP contribution is 2.37. The number of ketones is 1. The van der Waals surface area contributed by atoms with Gasteiger partial charge in [-0.2, -0.15) is 5.10 Å². The fourth-order valence-corrected chi connectivity index (χ4v) is 5.09. The molecule has 6 heteroatoms. The van der Waals surface area contributed by atoms with Crippen LogP contribution in [0.3, 0.4) is 0 Å². The lowest BCUT2D eigenvalue weighted by Gasteiger charge is -2.13. The van der Waals surface area contributed by atoms with Gasteiger partial charge in [-0.1, -0.05) is 12.1 Å². The Morgan fingerprint density at radius 3 is 3.04 bits per heavy atom. The number of halogens is 1. The molecule has 2 aromatic heterocycles. The summed E-state index contributed by atoms with van der Waals surface area (Å²) in [5.41, 5.74) is 10.2. The molecule has 1 aliphatic heterocycles. The molecule has 0 bridgehead atoms. The van der Waals surface area contributed by atoms with E-state index in [0.717, 1.165) is 46.6 Å². The maximum absolute atomic E-state index is 13.4. The third-order valence-electron chi connectivity index (χ3n) is 5.36. The maximum Gasteiger partial charge on any atom is 0.173 e.